The number of hydrogen-bond acceptors (Lipinski definition) is 4. The average molecular weight is 292 g/mol. The fourth-order valence-corrected chi connectivity index (χ4v) is 2.11. The zero-order valence-electron chi connectivity index (χ0n) is 12.8. The summed E-state index contributed by atoms with van der Waals surface area (Å²) in [6.07, 6.45) is 1.80. The van der Waals surface area contributed by atoms with E-state index in [0.717, 1.165) is 30.9 Å². The van der Waals surface area contributed by atoms with Gasteiger partial charge in [-0.15, -0.1) is 0 Å². The summed E-state index contributed by atoms with van der Waals surface area (Å²) in [6, 6.07) is 6.22. The highest BCUT2D eigenvalue weighted by Crippen LogP contribution is 2.30. The zero-order chi connectivity index (χ0) is 15.1. The molecule has 1 aliphatic heterocycles. The summed E-state index contributed by atoms with van der Waals surface area (Å²) < 4.78 is 11.0. The van der Waals surface area contributed by atoms with Crippen LogP contribution in [0.1, 0.15) is 25.8 Å². The van der Waals surface area contributed by atoms with Crippen molar-refractivity contribution in [3.05, 3.63) is 23.8 Å². The van der Waals surface area contributed by atoms with E-state index in [1.165, 1.54) is 5.56 Å². The van der Waals surface area contributed by atoms with E-state index < -0.39 is 0 Å². The number of rotatable bonds is 7. The zero-order valence-corrected chi connectivity index (χ0v) is 12.8. The lowest BCUT2D eigenvalue weighted by atomic mass is 10.1. The Morgan fingerprint density at radius 3 is 2.81 bits per heavy atom. The smallest absolute Gasteiger partial charge is 0.234 e. The maximum absolute atomic E-state index is 11.6. The van der Waals surface area contributed by atoms with Crippen LogP contribution in [0.15, 0.2) is 18.2 Å². The maximum Gasteiger partial charge on any atom is 0.234 e. The highest BCUT2D eigenvalue weighted by molar-refractivity contribution is 5.78. The van der Waals surface area contributed by atoms with Crippen molar-refractivity contribution in [2.24, 2.45) is 0 Å². The van der Waals surface area contributed by atoms with Gasteiger partial charge in [-0.2, -0.15) is 0 Å². The van der Waals surface area contributed by atoms with Gasteiger partial charge in [0.05, 0.1) is 6.54 Å². The molecule has 0 aromatic heterocycles. The lowest BCUT2D eigenvalue weighted by Crippen LogP contribution is -2.39. The number of benzene rings is 1. The highest BCUT2D eigenvalue weighted by Gasteiger charge is 2.11. The second-order valence-corrected chi connectivity index (χ2v) is 5.28. The molecule has 0 spiro atoms. The van der Waals surface area contributed by atoms with Gasteiger partial charge in [-0.05, 0) is 44.0 Å². The molecule has 5 heteroatoms. The molecule has 1 aliphatic rings. The molecule has 5 nitrogen and oxygen atoms in total. The van der Waals surface area contributed by atoms with Crippen molar-refractivity contribution in [3.8, 4) is 11.5 Å². The summed E-state index contributed by atoms with van der Waals surface area (Å²) in [5.74, 6) is 1.67. The minimum absolute atomic E-state index is 0.0477. The molecule has 1 heterocycles. The van der Waals surface area contributed by atoms with Crippen molar-refractivity contribution >= 4 is 5.91 Å². The van der Waals surface area contributed by atoms with E-state index in [9.17, 15) is 4.79 Å². The third-order valence-electron chi connectivity index (χ3n) is 3.50. The van der Waals surface area contributed by atoms with Gasteiger partial charge >= 0.3 is 0 Å². The van der Waals surface area contributed by atoms with Gasteiger partial charge in [0.15, 0.2) is 11.5 Å². The Bertz CT molecular complexity index is 477. The number of fused-ring (bicyclic) bond motifs is 1. The van der Waals surface area contributed by atoms with Crippen LogP contribution in [0.4, 0.5) is 0 Å². The van der Waals surface area contributed by atoms with Crippen LogP contribution in [-0.4, -0.2) is 38.3 Å². The van der Waals surface area contributed by atoms with Crippen LogP contribution >= 0.6 is 0 Å². The van der Waals surface area contributed by atoms with Crippen molar-refractivity contribution < 1.29 is 14.3 Å². The minimum Gasteiger partial charge on any atom is -0.486 e. The fourth-order valence-electron chi connectivity index (χ4n) is 2.11. The lowest BCUT2D eigenvalue weighted by molar-refractivity contribution is -0.120. The Kier molecular flexibility index (Phi) is 5.87. The standard InChI is InChI=1S/C16H24N2O3/c1-3-12(2)18-16(19)11-17-7-6-13-4-5-14-15(10-13)21-9-8-20-14/h4-5,10,12,17H,3,6-9,11H2,1-2H3,(H,18,19). The Balaban J connectivity index is 1.70. The van der Waals surface area contributed by atoms with E-state index in [1.54, 1.807) is 0 Å². The summed E-state index contributed by atoms with van der Waals surface area (Å²) in [6.45, 7) is 6.39. The van der Waals surface area contributed by atoms with Gasteiger partial charge in [0, 0.05) is 6.04 Å². The Morgan fingerprint density at radius 2 is 2.05 bits per heavy atom. The predicted octanol–water partition coefficient (Wildman–Crippen LogP) is 1.50. The molecule has 21 heavy (non-hydrogen) atoms. The number of carbonyl (C=O) groups is 1. The van der Waals surface area contributed by atoms with Gasteiger partial charge < -0.3 is 20.1 Å². The van der Waals surface area contributed by atoms with Crippen LogP contribution in [0.25, 0.3) is 0 Å². The molecule has 1 aromatic rings. The third-order valence-corrected chi connectivity index (χ3v) is 3.50. The molecule has 1 unspecified atom stereocenters. The largest absolute Gasteiger partial charge is 0.486 e. The lowest BCUT2D eigenvalue weighted by Gasteiger charge is -2.19. The first-order valence-corrected chi connectivity index (χ1v) is 7.57. The number of hydrogen-bond donors (Lipinski definition) is 2. The summed E-state index contributed by atoms with van der Waals surface area (Å²) in [5, 5.41) is 6.09. The molecule has 0 aliphatic carbocycles. The molecular formula is C16H24N2O3. The van der Waals surface area contributed by atoms with E-state index in [4.69, 9.17) is 9.47 Å². The molecule has 116 valence electrons. The van der Waals surface area contributed by atoms with Gasteiger partial charge in [-0.25, -0.2) is 0 Å². The molecule has 0 saturated carbocycles. The van der Waals surface area contributed by atoms with Crippen molar-refractivity contribution in [1.82, 2.24) is 10.6 Å². The van der Waals surface area contributed by atoms with Gasteiger partial charge in [0.25, 0.3) is 0 Å². The van der Waals surface area contributed by atoms with Crippen LogP contribution in [0.5, 0.6) is 11.5 Å². The molecule has 1 amide bonds. The van der Waals surface area contributed by atoms with Crippen LogP contribution in [0.3, 0.4) is 0 Å². The first kappa shape index (κ1) is 15.6. The van der Waals surface area contributed by atoms with Gasteiger partial charge in [-0.3, -0.25) is 4.79 Å². The molecule has 2 N–H and O–H groups in total. The number of carbonyl (C=O) groups excluding carboxylic acids is 1. The van der Waals surface area contributed by atoms with E-state index in [-0.39, 0.29) is 11.9 Å². The van der Waals surface area contributed by atoms with Gasteiger partial charge in [0.1, 0.15) is 13.2 Å². The molecular weight excluding hydrogens is 268 g/mol. The van der Waals surface area contributed by atoms with Crippen molar-refractivity contribution in [3.63, 3.8) is 0 Å². The fraction of sp³-hybridized carbons (Fsp3) is 0.562. The minimum atomic E-state index is 0.0477. The topological polar surface area (TPSA) is 59.6 Å². The summed E-state index contributed by atoms with van der Waals surface area (Å²) >= 11 is 0. The van der Waals surface area contributed by atoms with Gasteiger partial charge in [0.2, 0.25) is 5.91 Å². The first-order valence-electron chi connectivity index (χ1n) is 7.57. The second kappa shape index (κ2) is 7.88. The molecule has 1 aromatic carbocycles. The number of nitrogens with one attached hydrogen (secondary N) is 2. The van der Waals surface area contributed by atoms with Crippen LogP contribution in [0.2, 0.25) is 0 Å². The summed E-state index contributed by atoms with van der Waals surface area (Å²) in [5.41, 5.74) is 1.18. The SMILES string of the molecule is CCC(C)NC(=O)CNCCc1ccc2c(c1)OCCO2. The Morgan fingerprint density at radius 1 is 1.29 bits per heavy atom. The van der Waals surface area contributed by atoms with Crippen molar-refractivity contribution in [2.45, 2.75) is 32.7 Å². The molecule has 0 radical (unpaired) electrons. The molecule has 2 rings (SSSR count). The number of ether oxygens (including phenoxy) is 2. The third kappa shape index (κ3) is 4.93. The maximum atomic E-state index is 11.6. The van der Waals surface area contributed by atoms with Gasteiger partial charge in [-0.1, -0.05) is 13.0 Å². The quantitative estimate of drug-likeness (QED) is 0.748. The van der Waals surface area contributed by atoms with Crippen LogP contribution < -0.4 is 20.1 Å². The van der Waals surface area contributed by atoms with Crippen LogP contribution in [-0.2, 0) is 11.2 Å². The normalized spacial score (nSPS) is 14.6. The molecule has 0 bridgehead atoms. The monoisotopic (exact) mass is 292 g/mol. The van der Waals surface area contributed by atoms with Crippen LogP contribution in [0, 0.1) is 0 Å². The Hall–Kier alpha value is -1.75. The van der Waals surface area contributed by atoms with E-state index in [1.807, 2.05) is 25.1 Å². The predicted molar refractivity (Wildman–Crippen MR) is 81.9 cm³/mol. The van der Waals surface area contributed by atoms with E-state index in [2.05, 4.69) is 17.6 Å². The second-order valence-electron chi connectivity index (χ2n) is 5.28. The Labute approximate surface area is 126 Å². The first-order chi connectivity index (χ1) is 10.2. The highest BCUT2D eigenvalue weighted by atomic mass is 16.6. The summed E-state index contributed by atoms with van der Waals surface area (Å²) in [7, 11) is 0. The van der Waals surface area contributed by atoms with Crippen molar-refractivity contribution in [1.29, 1.82) is 0 Å². The molecule has 0 saturated heterocycles. The van der Waals surface area contributed by atoms with Crippen molar-refractivity contribution in [2.75, 3.05) is 26.3 Å². The molecule has 1 atom stereocenters. The molecule has 0 fully saturated rings. The van der Waals surface area contributed by atoms with E-state index in [0.29, 0.717) is 19.8 Å². The van der Waals surface area contributed by atoms with E-state index >= 15 is 0 Å². The average Bonchev–Trinajstić information content (AvgIpc) is 2.51. The number of amides is 1. The summed E-state index contributed by atoms with van der Waals surface area (Å²) in [4.78, 5) is 11.6.